The first-order valence-corrected chi connectivity index (χ1v) is 5.86. The molecule has 0 aliphatic carbocycles. The van der Waals surface area contributed by atoms with E-state index >= 15 is 0 Å². The maximum Gasteiger partial charge on any atom is 0.224 e. The zero-order valence-corrected chi connectivity index (χ0v) is 10.5. The minimum Gasteiger partial charge on any atom is -0.308 e. The highest BCUT2D eigenvalue weighted by Crippen LogP contribution is 2.16. The Hall–Kier alpha value is -2.01. The minimum atomic E-state index is 0.235. The fourth-order valence-electron chi connectivity index (χ4n) is 1.87. The SMILES string of the molecule is Cc1nc2cnc(Cl)nc2n1Cc1ccncc1. The van der Waals surface area contributed by atoms with Crippen molar-refractivity contribution in [3.05, 3.63) is 47.4 Å². The van der Waals surface area contributed by atoms with Crippen molar-refractivity contribution in [1.82, 2.24) is 24.5 Å². The molecule has 0 radical (unpaired) electrons. The predicted octanol–water partition coefficient (Wildman–Crippen LogP) is 2.23. The van der Waals surface area contributed by atoms with Gasteiger partial charge >= 0.3 is 0 Å². The van der Waals surface area contributed by atoms with E-state index in [4.69, 9.17) is 11.6 Å². The molecule has 0 aromatic carbocycles. The number of hydrogen-bond acceptors (Lipinski definition) is 4. The van der Waals surface area contributed by atoms with Crippen molar-refractivity contribution in [2.75, 3.05) is 0 Å². The van der Waals surface area contributed by atoms with Crippen LogP contribution in [0.15, 0.2) is 30.7 Å². The second-order valence-corrected chi connectivity index (χ2v) is 4.29. The van der Waals surface area contributed by atoms with Gasteiger partial charge in [-0.15, -0.1) is 0 Å². The molecule has 6 heteroatoms. The van der Waals surface area contributed by atoms with Crippen molar-refractivity contribution < 1.29 is 0 Å². The molecule has 0 aliphatic heterocycles. The van der Waals surface area contributed by atoms with Crippen molar-refractivity contribution in [2.24, 2.45) is 0 Å². The molecular weight excluding hydrogens is 250 g/mol. The summed E-state index contributed by atoms with van der Waals surface area (Å²) in [5.74, 6) is 0.887. The summed E-state index contributed by atoms with van der Waals surface area (Å²) in [6.07, 6.45) is 5.18. The smallest absolute Gasteiger partial charge is 0.224 e. The number of pyridine rings is 1. The van der Waals surface area contributed by atoms with Gasteiger partial charge in [-0.05, 0) is 36.2 Å². The standard InChI is InChI=1S/C12H10ClN5/c1-8-16-10-6-15-12(13)17-11(10)18(8)7-9-2-4-14-5-3-9/h2-6H,7H2,1H3. The summed E-state index contributed by atoms with van der Waals surface area (Å²) in [7, 11) is 0. The lowest BCUT2D eigenvalue weighted by Crippen LogP contribution is -2.03. The molecule has 3 aromatic heterocycles. The van der Waals surface area contributed by atoms with E-state index in [1.54, 1.807) is 18.6 Å². The summed E-state index contributed by atoms with van der Waals surface area (Å²) >= 11 is 5.83. The molecule has 90 valence electrons. The van der Waals surface area contributed by atoms with E-state index in [0.717, 1.165) is 22.6 Å². The molecule has 5 nitrogen and oxygen atoms in total. The Kier molecular flexibility index (Phi) is 2.68. The van der Waals surface area contributed by atoms with E-state index in [1.807, 2.05) is 23.6 Å². The predicted molar refractivity (Wildman–Crippen MR) is 68.4 cm³/mol. The number of fused-ring (bicyclic) bond motifs is 1. The number of hydrogen-bond donors (Lipinski definition) is 0. The van der Waals surface area contributed by atoms with Crippen LogP contribution in [-0.2, 0) is 6.54 Å². The summed E-state index contributed by atoms with van der Waals surface area (Å²) in [4.78, 5) is 16.6. The maximum atomic E-state index is 5.83. The van der Waals surface area contributed by atoms with Gasteiger partial charge in [0.1, 0.15) is 11.3 Å². The lowest BCUT2D eigenvalue weighted by molar-refractivity contribution is 0.775. The van der Waals surface area contributed by atoms with Crippen molar-refractivity contribution in [2.45, 2.75) is 13.5 Å². The molecule has 0 saturated carbocycles. The van der Waals surface area contributed by atoms with Gasteiger partial charge in [0.25, 0.3) is 0 Å². The Bertz CT molecular complexity index is 692. The minimum absolute atomic E-state index is 0.235. The average Bonchev–Trinajstić information content (AvgIpc) is 2.67. The second kappa shape index (κ2) is 4.34. The third-order valence-corrected chi connectivity index (χ3v) is 2.92. The van der Waals surface area contributed by atoms with E-state index < -0.39 is 0 Å². The number of rotatable bonds is 2. The van der Waals surface area contributed by atoms with Crippen LogP contribution in [0.5, 0.6) is 0 Å². The van der Waals surface area contributed by atoms with Crippen LogP contribution in [0.25, 0.3) is 11.2 Å². The van der Waals surface area contributed by atoms with Crippen LogP contribution in [0, 0.1) is 6.92 Å². The van der Waals surface area contributed by atoms with Crippen LogP contribution in [-0.4, -0.2) is 24.5 Å². The van der Waals surface area contributed by atoms with Gasteiger partial charge in [-0.1, -0.05) is 0 Å². The molecule has 0 saturated heterocycles. The van der Waals surface area contributed by atoms with Crippen molar-refractivity contribution in [1.29, 1.82) is 0 Å². The van der Waals surface area contributed by atoms with Gasteiger partial charge in [0, 0.05) is 12.4 Å². The number of aryl methyl sites for hydroxylation is 1. The van der Waals surface area contributed by atoms with Crippen molar-refractivity contribution >= 4 is 22.8 Å². The van der Waals surface area contributed by atoms with Crippen molar-refractivity contribution in [3.8, 4) is 0 Å². The molecule has 3 rings (SSSR count). The normalized spacial score (nSPS) is 11.0. The van der Waals surface area contributed by atoms with Gasteiger partial charge in [-0.3, -0.25) is 4.98 Å². The topological polar surface area (TPSA) is 56.5 Å². The monoisotopic (exact) mass is 259 g/mol. The van der Waals surface area contributed by atoms with Crippen molar-refractivity contribution in [3.63, 3.8) is 0 Å². The highest BCUT2D eigenvalue weighted by atomic mass is 35.5. The Morgan fingerprint density at radius 1 is 1.22 bits per heavy atom. The largest absolute Gasteiger partial charge is 0.308 e. The van der Waals surface area contributed by atoms with Gasteiger partial charge < -0.3 is 4.57 Å². The Balaban J connectivity index is 2.11. The maximum absolute atomic E-state index is 5.83. The van der Waals surface area contributed by atoms with Gasteiger partial charge in [0.2, 0.25) is 5.28 Å². The van der Waals surface area contributed by atoms with Crippen LogP contribution in [0.4, 0.5) is 0 Å². The van der Waals surface area contributed by atoms with Gasteiger partial charge in [-0.25, -0.2) is 9.97 Å². The summed E-state index contributed by atoms with van der Waals surface area (Å²) in [5, 5.41) is 0.235. The van der Waals surface area contributed by atoms with Crippen LogP contribution < -0.4 is 0 Å². The molecule has 0 unspecified atom stereocenters. The fourth-order valence-corrected chi connectivity index (χ4v) is 2.00. The molecule has 3 aromatic rings. The molecule has 0 N–H and O–H groups in total. The Morgan fingerprint density at radius 3 is 2.78 bits per heavy atom. The van der Waals surface area contributed by atoms with Crippen LogP contribution in [0.3, 0.4) is 0 Å². The molecule has 0 amide bonds. The zero-order chi connectivity index (χ0) is 12.5. The third-order valence-electron chi connectivity index (χ3n) is 2.74. The zero-order valence-electron chi connectivity index (χ0n) is 9.71. The summed E-state index contributed by atoms with van der Waals surface area (Å²) in [6, 6.07) is 3.93. The van der Waals surface area contributed by atoms with Gasteiger partial charge in [-0.2, -0.15) is 4.98 Å². The highest BCUT2D eigenvalue weighted by molar-refractivity contribution is 6.28. The Labute approximate surface area is 109 Å². The third kappa shape index (κ3) is 1.93. The van der Waals surface area contributed by atoms with Crippen LogP contribution in [0.2, 0.25) is 5.28 Å². The first kappa shape index (κ1) is 11.1. The summed E-state index contributed by atoms with van der Waals surface area (Å²) in [5.41, 5.74) is 2.65. The van der Waals surface area contributed by atoms with E-state index in [1.165, 1.54) is 0 Å². The highest BCUT2D eigenvalue weighted by Gasteiger charge is 2.10. The number of aromatic nitrogens is 5. The second-order valence-electron chi connectivity index (χ2n) is 3.95. The van der Waals surface area contributed by atoms with Crippen LogP contribution >= 0.6 is 11.6 Å². The molecule has 0 aliphatic rings. The fraction of sp³-hybridized carbons (Fsp3) is 0.167. The first-order valence-electron chi connectivity index (χ1n) is 5.48. The summed E-state index contributed by atoms with van der Waals surface area (Å²) < 4.78 is 2.01. The lowest BCUT2D eigenvalue weighted by atomic mass is 10.2. The molecule has 0 bridgehead atoms. The van der Waals surface area contributed by atoms with Gasteiger partial charge in [0.15, 0.2) is 5.65 Å². The number of halogens is 1. The summed E-state index contributed by atoms with van der Waals surface area (Å²) in [6.45, 7) is 2.63. The van der Waals surface area contributed by atoms with Gasteiger partial charge in [0.05, 0.1) is 12.7 Å². The van der Waals surface area contributed by atoms with E-state index in [0.29, 0.717) is 6.54 Å². The number of nitrogens with zero attached hydrogens (tertiary/aromatic N) is 5. The van der Waals surface area contributed by atoms with E-state index in [2.05, 4.69) is 19.9 Å². The average molecular weight is 260 g/mol. The quantitative estimate of drug-likeness (QED) is 0.662. The molecule has 0 atom stereocenters. The Morgan fingerprint density at radius 2 is 2.00 bits per heavy atom. The first-order chi connectivity index (χ1) is 8.74. The van der Waals surface area contributed by atoms with Crippen LogP contribution in [0.1, 0.15) is 11.4 Å². The molecule has 0 spiro atoms. The lowest BCUT2D eigenvalue weighted by Gasteiger charge is -2.05. The van der Waals surface area contributed by atoms with E-state index in [-0.39, 0.29) is 5.28 Å². The molecule has 0 fully saturated rings. The molecule has 3 heterocycles. The molecule has 18 heavy (non-hydrogen) atoms. The molecular formula is C12H10ClN5. The number of imidazole rings is 1. The van der Waals surface area contributed by atoms with E-state index in [9.17, 15) is 0 Å².